The number of aromatic amines is 1. The van der Waals surface area contributed by atoms with E-state index in [1.54, 1.807) is 24.7 Å². The van der Waals surface area contributed by atoms with E-state index in [4.69, 9.17) is 5.73 Å². The molecule has 0 unspecified atom stereocenters. The first-order chi connectivity index (χ1) is 15.4. The van der Waals surface area contributed by atoms with E-state index in [0.717, 1.165) is 22.4 Å². The van der Waals surface area contributed by atoms with E-state index in [0.29, 0.717) is 28.8 Å². The van der Waals surface area contributed by atoms with Gasteiger partial charge in [0.1, 0.15) is 0 Å². The lowest BCUT2D eigenvalue weighted by atomic mass is 10.0. The minimum absolute atomic E-state index is 0.00997. The Morgan fingerprint density at radius 1 is 1.09 bits per heavy atom. The van der Waals surface area contributed by atoms with Crippen molar-refractivity contribution in [1.82, 2.24) is 9.97 Å². The number of nitrogens with one attached hydrogen (secondary N) is 2. The molecule has 2 aromatic carbocycles. The lowest BCUT2D eigenvalue weighted by Gasteiger charge is -2.12. The predicted octanol–water partition coefficient (Wildman–Crippen LogP) is 4.71. The number of pyridine rings is 2. The van der Waals surface area contributed by atoms with Gasteiger partial charge < -0.3 is 21.1 Å². The lowest BCUT2D eigenvalue weighted by molar-refractivity contribution is 0.470. The number of nitrogens with two attached hydrogens (primary N) is 1. The number of aryl methyl sites for hydroxylation is 1. The first kappa shape index (κ1) is 20.9. The maximum Gasteiger partial charge on any atom is 0.198 e. The van der Waals surface area contributed by atoms with Crippen LogP contribution in [0.15, 0.2) is 84.6 Å². The Bertz CT molecular complexity index is 1320. The summed E-state index contributed by atoms with van der Waals surface area (Å²) in [5, 5.41) is 13.3. The van der Waals surface area contributed by atoms with Gasteiger partial charge in [-0.2, -0.15) is 0 Å². The van der Waals surface area contributed by atoms with Gasteiger partial charge in [0.25, 0.3) is 0 Å². The Kier molecular flexibility index (Phi) is 5.77. The van der Waals surface area contributed by atoms with Crippen molar-refractivity contribution in [3.05, 3.63) is 112 Å². The van der Waals surface area contributed by atoms with Gasteiger partial charge in [-0.15, -0.1) is 0 Å². The number of hydrogen-bond acceptors (Lipinski definition) is 5. The third-order valence-corrected chi connectivity index (χ3v) is 5.31. The molecule has 4 aromatic rings. The molecule has 160 valence electrons. The zero-order valence-electron chi connectivity index (χ0n) is 17.7. The summed E-state index contributed by atoms with van der Waals surface area (Å²) in [5.41, 5.74) is 11.7. The molecule has 2 heterocycles. The number of nitrogens with zero attached hydrogens (tertiary/aromatic N) is 1. The lowest BCUT2D eigenvalue weighted by Crippen LogP contribution is -2.14. The van der Waals surface area contributed by atoms with Crippen LogP contribution in [0.1, 0.15) is 22.3 Å². The molecule has 6 nitrogen and oxygen atoms in total. The first-order valence-corrected chi connectivity index (χ1v) is 10.2. The van der Waals surface area contributed by atoms with Crippen LogP contribution in [-0.4, -0.2) is 15.1 Å². The highest BCUT2D eigenvalue weighted by molar-refractivity contribution is 5.77. The molecule has 0 saturated carbocycles. The van der Waals surface area contributed by atoms with Crippen LogP contribution in [0.5, 0.6) is 5.75 Å². The topological polar surface area (TPSA) is 104 Å². The van der Waals surface area contributed by atoms with Crippen LogP contribution >= 0.6 is 0 Å². The number of H-pyrrole nitrogens is 1. The molecule has 32 heavy (non-hydrogen) atoms. The number of hydrogen-bond donors (Lipinski definition) is 4. The largest absolute Gasteiger partial charge is 0.504 e. The quantitative estimate of drug-likeness (QED) is 0.359. The van der Waals surface area contributed by atoms with Crippen molar-refractivity contribution in [2.24, 2.45) is 0 Å². The summed E-state index contributed by atoms with van der Waals surface area (Å²) in [4.78, 5) is 20.0. The van der Waals surface area contributed by atoms with E-state index >= 15 is 0 Å². The molecule has 0 atom stereocenters. The second-order valence-corrected chi connectivity index (χ2v) is 7.66. The molecule has 0 amide bonds. The van der Waals surface area contributed by atoms with Gasteiger partial charge in [0.15, 0.2) is 17.0 Å². The average Bonchev–Trinajstić information content (AvgIpc) is 2.79. The van der Waals surface area contributed by atoms with Crippen molar-refractivity contribution in [3.8, 4) is 16.9 Å². The van der Waals surface area contributed by atoms with E-state index < -0.39 is 0 Å². The molecule has 6 heteroatoms. The van der Waals surface area contributed by atoms with Gasteiger partial charge >= 0.3 is 0 Å². The molecular weight excluding hydrogens is 400 g/mol. The summed E-state index contributed by atoms with van der Waals surface area (Å²) in [7, 11) is 0. The third kappa shape index (κ3) is 4.39. The summed E-state index contributed by atoms with van der Waals surface area (Å²) in [5.74, 6) is 0.130. The van der Waals surface area contributed by atoms with Gasteiger partial charge in [0.2, 0.25) is 0 Å². The van der Waals surface area contributed by atoms with Gasteiger partial charge in [-0.25, -0.2) is 4.98 Å². The Hall–Kier alpha value is -4.32. The van der Waals surface area contributed by atoms with Crippen molar-refractivity contribution in [3.63, 3.8) is 0 Å². The Morgan fingerprint density at radius 3 is 2.53 bits per heavy atom. The number of aromatic hydroxyl groups is 1. The minimum atomic E-state index is -0.0903. The number of aromatic nitrogens is 2. The molecule has 4 rings (SSSR count). The van der Waals surface area contributed by atoms with E-state index in [-0.39, 0.29) is 17.0 Å². The maximum atomic E-state index is 13.0. The molecular formula is C26H24N4O2. The maximum absolute atomic E-state index is 13.0. The summed E-state index contributed by atoms with van der Waals surface area (Å²) < 4.78 is 0. The SMILES string of the molecule is C=C(Nc1ccc(Cc2ccnc(N)c2O)cc1)c1c[nH]cc(-c2ccc(C)cc2)c1=O. The van der Waals surface area contributed by atoms with Crippen molar-refractivity contribution in [1.29, 1.82) is 0 Å². The zero-order valence-corrected chi connectivity index (χ0v) is 17.7. The molecule has 0 aliphatic heterocycles. The Morgan fingerprint density at radius 2 is 1.81 bits per heavy atom. The minimum Gasteiger partial charge on any atom is -0.504 e. The van der Waals surface area contributed by atoms with Crippen LogP contribution < -0.4 is 16.5 Å². The van der Waals surface area contributed by atoms with Gasteiger partial charge in [0.05, 0.1) is 5.56 Å². The van der Waals surface area contributed by atoms with E-state index in [1.807, 2.05) is 55.5 Å². The monoisotopic (exact) mass is 424 g/mol. The first-order valence-electron chi connectivity index (χ1n) is 10.2. The molecule has 0 aliphatic rings. The highest BCUT2D eigenvalue weighted by atomic mass is 16.3. The molecule has 5 N–H and O–H groups in total. The van der Waals surface area contributed by atoms with Gasteiger partial charge in [-0.1, -0.05) is 48.5 Å². The standard InChI is InChI=1S/C26H24N4O2/c1-16-3-7-19(8-4-16)23-15-28-14-22(25(23)32)17(2)30-21-9-5-18(6-10-21)13-20-11-12-29-26(27)24(20)31/h3-12,14-15,30-31H,2,13H2,1H3,(H2,27,29)(H,28,32). The van der Waals surface area contributed by atoms with Crippen LogP contribution in [0, 0.1) is 6.92 Å². The van der Waals surface area contributed by atoms with Crippen molar-refractivity contribution in [2.75, 3.05) is 11.1 Å². The van der Waals surface area contributed by atoms with Gasteiger partial charge in [0, 0.05) is 47.5 Å². The van der Waals surface area contributed by atoms with Crippen LogP contribution in [0.3, 0.4) is 0 Å². The van der Waals surface area contributed by atoms with Crippen LogP contribution in [0.4, 0.5) is 11.5 Å². The number of benzene rings is 2. The fraction of sp³-hybridized carbons (Fsp3) is 0.0769. The average molecular weight is 425 g/mol. The summed E-state index contributed by atoms with van der Waals surface area (Å²) in [6.45, 7) is 6.07. The molecule has 2 aromatic heterocycles. The molecule has 0 saturated heterocycles. The highest BCUT2D eigenvalue weighted by Gasteiger charge is 2.11. The molecule has 0 fully saturated rings. The fourth-order valence-electron chi connectivity index (χ4n) is 3.48. The summed E-state index contributed by atoms with van der Waals surface area (Å²) in [6.07, 6.45) is 5.46. The third-order valence-electron chi connectivity index (χ3n) is 5.31. The highest BCUT2D eigenvalue weighted by Crippen LogP contribution is 2.25. The van der Waals surface area contributed by atoms with Crippen LogP contribution in [-0.2, 0) is 6.42 Å². The normalized spacial score (nSPS) is 10.7. The van der Waals surface area contributed by atoms with Gasteiger partial charge in [-0.05, 0) is 36.2 Å². The van der Waals surface area contributed by atoms with E-state index in [2.05, 4.69) is 21.9 Å². The second-order valence-electron chi connectivity index (χ2n) is 7.66. The molecule has 0 radical (unpaired) electrons. The molecule has 0 spiro atoms. The fourth-order valence-corrected chi connectivity index (χ4v) is 3.48. The van der Waals surface area contributed by atoms with Crippen molar-refractivity contribution >= 4 is 17.2 Å². The number of nitrogen functional groups attached to an aromatic ring is 1. The van der Waals surface area contributed by atoms with Crippen LogP contribution in [0.2, 0.25) is 0 Å². The molecule has 0 aliphatic carbocycles. The van der Waals surface area contributed by atoms with Crippen molar-refractivity contribution in [2.45, 2.75) is 13.3 Å². The molecule has 0 bridgehead atoms. The summed E-state index contributed by atoms with van der Waals surface area (Å²) >= 11 is 0. The second kappa shape index (κ2) is 8.81. The Labute approximate surface area is 186 Å². The number of rotatable bonds is 6. The predicted molar refractivity (Wildman–Crippen MR) is 129 cm³/mol. The van der Waals surface area contributed by atoms with E-state index in [1.165, 1.54) is 0 Å². The summed E-state index contributed by atoms with van der Waals surface area (Å²) in [6, 6.07) is 17.3. The van der Waals surface area contributed by atoms with E-state index in [9.17, 15) is 9.90 Å². The van der Waals surface area contributed by atoms with Gasteiger partial charge in [-0.3, -0.25) is 4.79 Å². The zero-order chi connectivity index (χ0) is 22.7. The Balaban J connectivity index is 1.51. The smallest absolute Gasteiger partial charge is 0.198 e. The van der Waals surface area contributed by atoms with Crippen LogP contribution in [0.25, 0.3) is 16.8 Å². The van der Waals surface area contributed by atoms with Crippen molar-refractivity contribution < 1.29 is 5.11 Å². The number of anilines is 2.